The summed E-state index contributed by atoms with van der Waals surface area (Å²) in [7, 11) is 0. The molecule has 2 aliphatic carbocycles. The molecule has 1 spiro atoms. The van der Waals surface area contributed by atoms with E-state index in [4.69, 9.17) is 16.3 Å². The average molecular weight is 243 g/mol. The Kier molecular flexibility index (Phi) is 2.75. The van der Waals surface area contributed by atoms with E-state index in [1.165, 1.54) is 57.8 Å². The van der Waals surface area contributed by atoms with Gasteiger partial charge in [0.1, 0.15) is 0 Å². The summed E-state index contributed by atoms with van der Waals surface area (Å²) in [5.41, 5.74) is 0.743. The van der Waals surface area contributed by atoms with Crippen molar-refractivity contribution in [1.82, 2.24) is 0 Å². The molecule has 0 amide bonds. The normalized spacial score (nSPS) is 36.8. The number of alkyl halides is 1. The van der Waals surface area contributed by atoms with E-state index in [1.54, 1.807) is 0 Å². The maximum atomic E-state index is 6.38. The number of ether oxygens (including phenoxy) is 1. The van der Waals surface area contributed by atoms with Gasteiger partial charge >= 0.3 is 0 Å². The molecule has 1 aliphatic heterocycles. The Morgan fingerprint density at radius 3 is 2.44 bits per heavy atom. The van der Waals surface area contributed by atoms with Crippen LogP contribution in [0.25, 0.3) is 0 Å². The zero-order chi connectivity index (χ0) is 11.2. The third-order valence-corrected chi connectivity index (χ3v) is 5.69. The third kappa shape index (κ3) is 1.90. The van der Waals surface area contributed by atoms with Gasteiger partial charge in [-0.25, -0.2) is 0 Å². The highest BCUT2D eigenvalue weighted by Crippen LogP contribution is 2.57. The molecule has 0 N–H and O–H groups in total. The molecule has 0 bridgehead atoms. The summed E-state index contributed by atoms with van der Waals surface area (Å²) in [5, 5.41) is 0.330. The van der Waals surface area contributed by atoms with Crippen LogP contribution in [0.15, 0.2) is 0 Å². The van der Waals surface area contributed by atoms with Gasteiger partial charge in [-0.15, -0.1) is 11.6 Å². The summed E-state index contributed by atoms with van der Waals surface area (Å²) >= 11 is 6.31. The van der Waals surface area contributed by atoms with Gasteiger partial charge in [-0.3, -0.25) is 0 Å². The lowest BCUT2D eigenvalue weighted by molar-refractivity contribution is -0.0458. The molecule has 2 heteroatoms. The first-order valence-electron chi connectivity index (χ1n) is 6.96. The standard InChI is InChI=1S/C14H23ClO/c1-11(15)13(8-9-13)10-12-4-7-14(16-12)5-2-3-6-14/h11-12H,2-10H2,1H3. The Bertz CT molecular complexity index is 264. The van der Waals surface area contributed by atoms with E-state index in [9.17, 15) is 0 Å². The van der Waals surface area contributed by atoms with Crippen LogP contribution in [0.1, 0.15) is 64.7 Å². The summed E-state index contributed by atoms with van der Waals surface area (Å²) in [6, 6.07) is 0. The van der Waals surface area contributed by atoms with Crippen LogP contribution in [0.5, 0.6) is 0 Å². The molecule has 1 nitrogen and oxygen atoms in total. The lowest BCUT2D eigenvalue weighted by atomic mass is 9.93. The summed E-state index contributed by atoms with van der Waals surface area (Å²) < 4.78 is 6.38. The Hall–Kier alpha value is 0.250. The van der Waals surface area contributed by atoms with E-state index in [-0.39, 0.29) is 0 Å². The fraction of sp³-hybridized carbons (Fsp3) is 1.00. The summed E-state index contributed by atoms with van der Waals surface area (Å²) in [4.78, 5) is 0. The van der Waals surface area contributed by atoms with Crippen LogP contribution < -0.4 is 0 Å². The maximum Gasteiger partial charge on any atom is 0.0687 e. The first-order chi connectivity index (χ1) is 7.64. The zero-order valence-electron chi connectivity index (χ0n) is 10.3. The van der Waals surface area contributed by atoms with Gasteiger partial charge in [-0.1, -0.05) is 12.8 Å². The quantitative estimate of drug-likeness (QED) is 0.672. The second-order valence-corrected chi connectivity index (χ2v) is 7.01. The number of halogens is 1. The molecular weight excluding hydrogens is 220 g/mol. The molecular formula is C14H23ClO. The van der Waals surface area contributed by atoms with Gasteiger partial charge in [-0.05, 0) is 57.3 Å². The molecule has 2 unspecified atom stereocenters. The SMILES string of the molecule is CC(Cl)C1(CC2CCC3(CCCC3)O2)CC1. The number of rotatable bonds is 3. The van der Waals surface area contributed by atoms with Crippen molar-refractivity contribution in [3.8, 4) is 0 Å². The molecule has 16 heavy (non-hydrogen) atoms. The maximum absolute atomic E-state index is 6.38. The molecule has 3 rings (SSSR count). The Labute approximate surface area is 104 Å². The predicted molar refractivity (Wildman–Crippen MR) is 66.9 cm³/mol. The van der Waals surface area contributed by atoms with Gasteiger partial charge < -0.3 is 4.74 Å². The molecule has 0 radical (unpaired) electrons. The van der Waals surface area contributed by atoms with Crippen LogP contribution in [0.2, 0.25) is 0 Å². The van der Waals surface area contributed by atoms with Gasteiger partial charge in [-0.2, -0.15) is 0 Å². The minimum Gasteiger partial charge on any atom is -0.372 e. The minimum absolute atomic E-state index is 0.302. The topological polar surface area (TPSA) is 9.23 Å². The van der Waals surface area contributed by atoms with Crippen molar-refractivity contribution in [2.45, 2.75) is 81.8 Å². The Morgan fingerprint density at radius 1 is 1.19 bits per heavy atom. The van der Waals surface area contributed by atoms with Crippen molar-refractivity contribution in [2.75, 3.05) is 0 Å². The van der Waals surface area contributed by atoms with Crippen LogP contribution >= 0.6 is 11.6 Å². The highest BCUT2D eigenvalue weighted by atomic mass is 35.5. The van der Waals surface area contributed by atoms with Gasteiger partial charge in [0.2, 0.25) is 0 Å². The van der Waals surface area contributed by atoms with Gasteiger partial charge in [0.15, 0.2) is 0 Å². The molecule has 3 fully saturated rings. The largest absolute Gasteiger partial charge is 0.372 e. The fourth-order valence-corrected chi connectivity index (χ4v) is 4.11. The monoisotopic (exact) mass is 242 g/mol. The molecule has 2 saturated carbocycles. The first-order valence-corrected chi connectivity index (χ1v) is 7.40. The molecule has 1 heterocycles. The molecule has 3 aliphatic rings. The highest BCUT2D eigenvalue weighted by molar-refractivity contribution is 6.21. The lowest BCUT2D eigenvalue weighted by Gasteiger charge is -2.26. The van der Waals surface area contributed by atoms with Crippen molar-refractivity contribution in [1.29, 1.82) is 0 Å². The van der Waals surface area contributed by atoms with Crippen LogP contribution in [0.3, 0.4) is 0 Å². The zero-order valence-corrected chi connectivity index (χ0v) is 11.1. The lowest BCUT2D eigenvalue weighted by Crippen LogP contribution is -2.27. The fourth-order valence-electron chi connectivity index (χ4n) is 3.80. The Morgan fingerprint density at radius 2 is 1.88 bits per heavy atom. The van der Waals surface area contributed by atoms with Crippen LogP contribution in [-0.4, -0.2) is 17.1 Å². The third-order valence-electron chi connectivity index (χ3n) is 5.22. The first kappa shape index (κ1) is 11.3. The summed E-state index contributed by atoms with van der Waals surface area (Å²) in [6.07, 6.45) is 12.4. The van der Waals surface area contributed by atoms with Gasteiger partial charge in [0.25, 0.3) is 0 Å². The second-order valence-electron chi connectivity index (χ2n) is 6.35. The smallest absolute Gasteiger partial charge is 0.0687 e. The van der Waals surface area contributed by atoms with Gasteiger partial charge in [0.05, 0.1) is 11.7 Å². The summed E-state index contributed by atoms with van der Waals surface area (Å²) in [6.45, 7) is 2.16. The van der Waals surface area contributed by atoms with E-state index in [2.05, 4.69) is 6.92 Å². The molecule has 2 atom stereocenters. The molecule has 0 aromatic carbocycles. The van der Waals surface area contributed by atoms with Crippen molar-refractivity contribution >= 4 is 11.6 Å². The van der Waals surface area contributed by atoms with Crippen molar-refractivity contribution in [3.05, 3.63) is 0 Å². The van der Waals surface area contributed by atoms with E-state index < -0.39 is 0 Å². The van der Waals surface area contributed by atoms with Crippen LogP contribution in [0, 0.1) is 5.41 Å². The Balaban J connectivity index is 1.58. The second kappa shape index (κ2) is 3.88. The van der Waals surface area contributed by atoms with Crippen molar-refractivity contribution in [3.63, 3.8) is 0 Å². The molecule has 92 valence electrons. The number of hydrogen-bond donors (Lipinski definition) is 0. The number of hydrogen-bond acceptors (Lipinski definition) is 1. The van der Waals surface area contributed by atoms with Crippen LogP contribution in [-0.2, 0) is 4.74 Å². The minimum atomic E-state index is 0.302. The van der Waals surface area contributed by atoms with Crippen molar-refractivity contribution < 1.29 is 4.74 Å². The van der Waals surface area contributed by atoms with Gasteiger partial charge in [0, 0.05) is 5.38 Å². The summed E-state index contributed by atoms with van der Waals surface area (Å²) in [5.74, 6) is 0. The van der Waals surface area contributed by atoms with Crippen molar-refractivity contribution in [2.24, 2.45) is 5.41 Å². The molecule has 1 saturated heterocycles. The van der Waals surface area contributed by atoms with E-state index >= 15 is 0 Å². The average Bonchev–Trinajstić information content (AvgIpc) is 2.72. The van der Waals surface area contributed by atoms with E-state index in [0.717, 1.165) is 0 Å². The van der Waals surface area contributed by atoms with Crippen LogP contribution in [0.4, 0.5) is 0 Å². The predicted octanol–water partition coefficient (Wildman–Crippen LogP) is 4.28. The van der Waals surface area contributed by atoms with E-state index in [1.807, 2.05) is 0 Å². The van der Waals surface area contributed by atoms with E-state index in [0.29, 0.717) is 22.5 Å². The highest BCUT2D eigenvalue weighted by Gasteiger charge is 2.51. The molecule has 0 aromatic heterocycles. The molecule has 0 aromatic rings.